The van der Waals surface area contributed by atoms with Gasteiger partial charge in [-0.15, -0.1) is 0 Å². The zero-order valence-electron chi connectivity index (χ0n) is 24.2. The lowest BCUT2D eigenvalue weighted by molar-refractivity contribution is -0.141. The number of rotatable bonds is 2. The van der Waals surface area contributed by atoms with E-state index in [0.717, 1.165) is 0 Å². The van der Waals surface area contributed by atoms with Crippen LogP contribution in [0.1, 0.15) is 56.8 Å². The van der Waals surface area contributed by atoms with Crippen molar-refractivity contribution in [3.63, 3.8) is 0 Å². The number of Topliss-reactive ketones (excluding diaryl/α,β-unsaturated/α-hetero) is 4. The van der Waals surface area contributed by atoms with Gasteiger partial charge in [0.1, 0.15) is 23.0 Å². The van der Waals surface area contributed by atoms with Crippen molar-refractivity contribution in [1.82, 2.24) is 0 Å². The van der Waals surface area contributed by atoms with Crippen molar-refractivity contribution >= 4 is 34.7 Å². The van der Waals surface area contributed by atoms with Crippen LogP contribution in [0.2, 0.25) is 0 Å². The zero-order chi connectivity index (χ0) is 31.7. The second-order valence-corrected chi connectivity index (χ2v) is 13.6. The molecule has 8 rings (SSSR count). The van der Waals surface area contributed by atoms with E-state index in [9.17, 15) is 40.2 Å². The molecule has 0 aliphatic heterocycles. The minimum Gasteiger partial charge on any atom is -0.507 e. The molecule has 6 aliphatic rings. The van der Waals surface area contributed by atoms with Crippen molar-refractivity contribution in [3.8, 4) is 11.5 Å². The number of benzene rings is 2. The molecule has 4 saturated carbocycles. The number of aromatic hydroxyl groups is 2. The molecule has 2 spiro atoms. The van der Waals surface area contributed by atoms with Crippen molar-refractivity contribution in [1.29, 1.82) is 0 Å². The third kappa shape index (κ3) is 2.46. The fraction of sp³-hybridized carbons (Fsp3) is 0.412. The molecule has 10 atom stereocenters. The highest BCUT2D eigenvalue weighted by molar-refractivity contribution is 6.30. The second kappa shape index (κ2) is 7.86. The Kier molecular flexibility index (Phi) is 4.87. The quantitative estimate of drug-likeness (QED) is 0.300. The molecule has 0 heterocycles. The fourth-order valence-corrected chi connectivity index (χ4v) is 10.9. The molecule has 10 heteroatoms. The first kappa shape index (κ1) is 27.3. The Morgan fingerprint density at radius 3 is 1.27 bits per heavy atom. The molecule has 226 valence electrons. The molecular formula is C34H30O10. The Balaban J connectivity index is 1.59. The number of hydrogen-bond donors (Lipinski definition) is 6. The number of carbonyl (C=O) groups excluding carboxylic acids is 4. The van der Waals surface area contributed by atoms with E-state index in [1.54, 1.807) is 13.8 Å². The number of hydrogen-bond acceptors (Lipinski definition) is 10. The lowest BCUT2D eigenvalue weighted by Gasteiger charge is -2.56. The van der Waals surface area contributed by atoms with Crippen LogP contribution >= 0.6 is 0 Å². The largest absolute Gasteiger partial charge is 0.507 e. The summed E-state index contributed by atoms with van der Waals surface area (Å²) < 4.78 is 0. The highest BCUT2D eigenvalue weighted by atomic mass is 16.3. The number of ketones is 4. The first-order chi connectivity index (χ1) is 20.7. The van der Waals surface area contributed by atoms with Crippen LogP contribution in [0.15, 0.2) is 35.4 Å². The van der Waals surface area contributed by atoms with Crippen molar-refractivity contribution in [3.05, 3.63) is 68.8 Å². The predicted octanol–water partition coefficient (Wildman–Crippen LogP) is 2.97. The van der Waals surface area contributed by atoms with Gasteiger partial charge in [0.05, 0.1) is 45.3 Å². The molecule has 44 heavy (non-hydrogen) atoms. The maximum Gasteiger partial charge on any atom is 0.175 e. The summed E-state index contributed by atoms with van der Waals surface area (Å²) in [6.45, 7) is 6.14. The van der Waals surface area contributed by atoms with Gasteiger partial charge in [-0.3, -0.25) is 19.2 Å². The minimum atomic E-state index is -2.10. The van der Waals surface area contributed by atoms with Gasteiger partial charge in [-0.1, -0.05) is 0 Å². The van der Waals surface area contributed by atoms with Gasteiger partial charge in [0.15, 0.2) is 23.1 Å². The third-order valence-electron chi connectivity index (χ3n) is 11.7. The summed E-state index contributed by atoms with van der Waals surface area (Å²) in [7, 11) is 0. The smallest absolute Gasteiger partial charge is 0.175 e. The molecule has 2 aromatic rings. The molecule has 4 fully saturated rings. The number of aryl methyl sites for hydroxylation is 2. The van der Waals surface area contributed by atoms with Gasteiger partial charge in [0.2, 0.25) is 0 Å². The van der Waals surface area contributed by atoms with Gasteiger partial charge >= 0.3 is 0 Å². The number of fused-ring (bicyclic) bond motifs is 4. The monoisotopic (exact) mass is 598 g/mol. The summed E-state index contributed by atoms with van der Waals surface area (Å²) in [4.78, 5) is 60.0. The van der Waals surface area contributed by atoms with E-state index in [1.165, 1.54) is 38.1 Å². The van der Waals surface area contributed by atoms with E-state index >= 15 is 9.59 Å². The van der Waals surface area contributed by atoms with Crippen LogP contribution < -0.4 is 0 Å². The molecular weight excluding hydrogens is 568 g/mol. The summed E-state index contributed by atoms with van der Waals surface area (Å²) in [5.41, 5.74) is -4.78. The van der Waals surface area contributed by atoms with Gasteiger partial charge in [-0.25, -0.2) is 0 Å². The summed E-state index contributed by atoms with van der Waals surface area (Å²) >= 11 is 0. The maximum atomic E-state index is 15.0. The number of phenols is 2. The van der Waals surface area contributed by atoms with E-state index in [-0.39, 0.29) is 22.3 Å². The van der Waals surface area contributed by atoms with E-state index in [1.807, 2.05) is 0 Å². The second-order valence-electron chi connectivity index (χ2n) is 13.6. The van der Waals surface area contributed by atoms with Gasteiger partial charge < -0.3 is 30.6 Å². The van der Waals surface area contributed by atoms with Crippen molar-refractivity contribution in [2.75, 3.05) is 0 Å². The minimum absolute atomic E-state index is 0.117. The Bertz CT molecular complexity index is 1770. The van der Waals surface area contributed by atoms with Crippen LogP contribution in [0, 0.1) is 60.2 Å². The fourth-order valence-electron chi connectivity index (χ4n) is 10.9. The van der Waals surface area contributed by atoms with E-state index < -0.39 is 116 Å². The van der Waals surface area contributed by atoms with Gasteiger partial charge in [-0.05, 0) is 74.9 Å². The van der Waals surface area contributed by atoms with Gasteiger partial charge in [0, 0.05) is 34.8 Å². The summed E-state index contributed by atoms with van der Waals surface area (Å²) in [6.07, 6.45) is -2.55. The standard InChI is InChI=1S/C34H30O10/c1-9-5-13-19(15(37)7-9)27(39)25-30(42)24-17(11(3)35)21-22-18(12(4)36)23(33(21,25)31(13)43)29(41)26-28(40)20-14(32(44)34(22,24)26)6-10(2)8-16(20)38/h5-8,11-12,17-18,21-24,35-40H,1-4H3/t11?,12?,17-,18+,21+,22-,23-,24+,33?,34?. The normalized spacial score (nSPS) is 37.2. The van der Waals surface area contributed by atoms with E-state index in [4.69, 9.17) is 0 Å². The molecule has 0 saturated heterocycles. The van der Waals surface area contributed by atoms with Crippen molar-refractivity contribution in [2.45, 2.75) is 39.9 Å². The Morgan fingerprint density at radius 1 is 0.614 bits per heavy atom. The summed E-state index contributed by atoms with van der Waals surface area (Å²) in [5.74, 6) is -12.6. The Morgan fingerprint density at radius 2 is 0.955 bits per heavy atom. The van der Waals surface area contributed by atoms with Crippen molar-refractivity contribution in [2.24, 2.45) is 46.3 Å². The number of phenolic OH excluding ortho intramolecular Hbond substituents is 2. The lowest BCUT2D eigenvalue weighted by Crippen LogP contribution is -2.65. The molecule has 6 aliphatic carbocycles. The molecule has 4 unspecified atom stereocenters. The molecule has 4 bridgehead atoms. The van der Waals surface area contributed by atoms with Gasteiger partial charge in [-0.2, -0.15) is 0 Å². The first-order valence-corrected chi connectivity index (χ1v) is 14.8. The van der Waals surface area contributed by atoms with Crippen LogP contribution in [-0.4, -0.2) is 66.0 Å². The highest BCUT2D eigenvalue weighted by Gasteiger charge is 2.90. The van der Waals surface area contributed by atoms with Crippen LogP contribution in [0.4, 0.5) is 0 Å². The molecule has 6 N–H and O–H groups in total. The van der Waals surface area contributed by atoms with Gasteiger partial charge in [0.25, 0.3) is 0 Å². The lowest BCUT2D eigenvalue weighted by atomic mass is 9.43. The Labute approximate surface area is 251 Å². The topological polar surface area (TPSA) is 190 Å². The molecule has 2 aromatic carbocycles. The zero-order valence-corrected chi connectivity index (χ0v) is 24.2. The van der Waals surface area contributed by atoms with Crippen LogP contribution in [-0.2, 0) is 9.59 Å². The molecule has 10 nitrogen and oxygen atoms in total. The van der Waals surface area contributed by atoms with Crippen molar-refractivity contribution < 1.29 is 49.8 Å². The average molecular weight is 599 g/mol. The molecule has 0 aromatic heterocycles. The van der Waals surface area contributed by atoms with E-state index in [0.29, 0.717) is 11.1 Å². The molecule has 0 radical (unpaired) electrons. The van der Waals surface area contributed by atoms with Crippen LogP contribution in [0.25, 0.3) is 11.5 Å². The first-order valence-electron chi connectivity index (χ1n) is 14.8. The summed E-state index contributed by atoms with van der Waals surface area (Å²) in [6, 6.07) is 5.58. The maximum absolute atomic E-state index is 15.0. The Hall–Kier alpha value is -4.28. The highest BCUT2D eigenvalue weighted by Crippen LogP contribution is 2.84. The summed E-state index contributed by atoms with van der Waals surface area (Å²) in [5, 5.41) is 68.1. The van der Waals surface area contributed by atoms with Crippen LogP contribution in [0.3, 0.4) is 0 Å². The SMILES string of the molecule is Cc1cc(O)c2c(c1)C(=O)C13C(=C2O)C(=O)[C@H]2[C@@H](C(C)O)[C@@H]1[C@@H]1[C@@H](C(C)O)[C@H]3C(=O)C3=C(O)c4c(O)cc(C)cc4C(=O)C312. The molecule has 0 amide bonds. The van der Waals surface area contributed by atoms with Crippen LogP contribution in [0.5, 0.6) is 11.5 Å². The number of carbonyl (C=O) groups is 4. The number of aliphatic hydroxyl groups is 4. The third-order valence-corrected chi connectivity index (χ3v) is 11.7. The number of allylic oxidation sites excluding steroid dienone is 2. The number of aliphatic hydroxyl groups excluding tert-OH is 4. The van der Waals surface area contributed by atoms with E-state index in [2.05, 4.69) is 0 Å². The average Bonchev–Trinajstić information content (AvgIpc) is 3.35. The predicted molar refractivity (Wildman–Crippen MR) is 153 cm³/mol.